The van der Waals surface area contributed by atoms with Crippen LogP contribution in [0.1, 0.15) is 0 Å². The Bertz CT molecular complexity index is 19.2. The third-order valence-electron chi connectivity index (χ3n) is 0. The second-order valence-corrected chi connectivity index (χ2v) is 0.289. The minimum Gasteiger partial charge on any atom is -0.907 e. The molecular weight excluding hydrogens is 190 g/mol. The van der Waals surface area contributed by atoms with Crippen molar-refractivity contribution in [3.05, 3.63) is 0 Å². The predicted molar refractivity (Wildman–Crippen MR) is 10.8 cm³/mol. The minimum absolute atomic E-state index is 0. The van der Waals surface area contributed by atoms with Crippen LogP contribution in [-0.2, 0) is 0 Å². The molecule has 0 rings (SSSR count). The van der Waals surface area contributed by atoms with E-state index in [0.717, 1.165) is 0 Å². The van der Waals surface area contributed by atoms with Crippen molar-refractivity contribution in [3.8, 4) is 0 Å². The number of hydrogen-bond acceptors (Lipinski definition) is 4. The summed E-state index contributed by atoms with van der Waals surface area (Å²) in [6.07, 6.45) is 0. The molecule has 4 nitrogen and oxygen atoms in total. The topological polar surface area (TPSA) is 104 Å². The summed E-state index contributed by atoms with van der Waals surface area (Å²) in [7, 11) is -2.92. The Morgan fingerprint density at radius 3 is 0.750 bits per heavy atom. The van der Waals surface area contributed by atoms with Crippen molar-refractivity contribution in [1.82, 2.24) is 6.15 Å². The molecule has 0 aromatic rings. The van der Waals surface area contributed by atoms with E-state index in [1.807, 2.05) is 0 Å². The molecule has 0 amide bonds. The van der Waals surface area contributed by atoms with Gasteiger partial charge in [0.2, 0.25) is 0 Å². The SMILES string of the molecule is N.[K+].[K+].[K+].[O-]B([O-])[O-]. The molecule has 0 atom stereocenters. The van der Waals surface area contributed by atoms with E-state index in [2.05, 4.69) is 0 Å². The summed E-state index contributed by atoms with van der Waals surface area (Å²) >= 11 is 0. The second kappa shape index (κ2) is 22.6. The summed E-state index contributed by atoms with van der Waals surface area (Å²) in [5.74, 6) is 0. The van der Waals surface area contributed by atoms with Crippen LogP contribution in [0.2, 0.25) is 0 Å². The van der Waals surface area contributed by atoms with E-state index in [9.17, 15) is 0 Å². The van der Waals surface area contributed by atoms with Crippen LogP contribution in [0.15, 0.2) is 0 Å². The van der Waals surface area contributed by atoms with Crippen LogP contribution in [0.5, 0.6) is 0 Å². The first-order valence-electron chi connectivity index (χ1n) is 0.707. The Hall–Kier alpha value is 4.81. The fraction of sp³-hybridized carbons (Fsp3) is 0. The molecule has 8 heteroatoms. The van der Waals surface area contributed by atoms with E-state index in [4.69, 9.17) is 15.1 Å². The van der Waals surface area contributed by atoms with Crippen molar-refractivity contribution in [2.75, 3.05) is 0 Å². The molecule has 0 saturated heterocycles. The Balaban J connectivity index is -0.00000000750. The minimum atomic E-state index is -2.92. The van der Waals surface area contributed by atoms with Crippen molar-refractivity contribution in [2.45, 2.75) is 0 Å². The van der Waals surface area contributed by atoms with Gasteiger partial charge in [0.15, 0.2) is 0 Å². The van der Waals surface area contributed by atoms with Gasteiger partial charge in [-0.15, -0.1) is 0 Å². The van der Waals surface area contributed by atoms with Crippen molar-refractivity contribution in [2.24, 2.45) is 0 Å². The Morgan fingerprint density at radius 1 is 0.750 bits per heavy atom. The van der Waals surface area contributed by atoms with Gasteiger partial charge >= 0.3 is 154 Å². The van der Waals surface area contributed by atoms with Gasteiger partial charge < -0.3 is 21.2 Å². The van der Waals surface area contributed by atoms with Gasteiger partial charge in [0.05, 0.1) is 0 Å². The van der Waals surface area contributed by atoms with Crippen LogP contribution in [0, 0.1) is 0 Å². The molecule has 0 bridgehead atoms. The quantitative estimate of drug-likeness (QED) is 0.385. The predicted octanol–water partition coefficient (Wildman–Crippen LogP) is -12.8. The Labute approximate surface area is 177 Å². The van der Waals surface area contributed by atoms with Crippen LogP contribution in [0.3, 0.4) is 0 Å². The van der Waals surface area contributed by atoms with Crippen LogP contribution >= 0.6 is 0 Å². The summed E-state index contributed by atoms with van der Waals surface area (Å²) in [4.78, 5) is 0. The molecule has 0 heterocycles. The van der Waals surface area contributed by atoms with E-state index < -0.39 is 7.32 Å². The van der Waals surface area contributed by atoms with Gasteiger partial charge in [0.25, 0.3) is 0 Å². The van der Waals surface area contributed by atoms with Crippen molar-refractivity contribution in [3.63, 3.8) is 0 Å². The van der Waals surface area contributed by atoms with E-state index >= 15 is 0 Å². The van der Waals surface area contributed by atoms with E-state index in [-0.39, 0.29) is 160 Å². The van der Waals surface area contributed by atoms with Gasteiger partial charge in [-0.1, -0.05) is 0 Å². The third-order valence-corrected chi connectivity index (χ3v) is 0. The maximum absolute atomic E-state index is 8.42. The standard InChI is InChI=1S/BO3.3K.H3N/c2-1(3)4;;;;/h;;;;1H3/q-3;3*+1;. The van der Waals surface area contributed by atoms with Crippen LogP contribution in [-0.4, -0.2) is 7.32 Å². The van der Waals surface area contributed by atoms with Crippen LogP contribution < -0.4 is 175 Å². The molecule has 0 saturated carbocycles. The summed E-state index contributed by atoms with van der Waals surface area (Å²) in [5, 5.41) is 25.2. The fourth-order valence-corrected chi connectivity index (χ4v) is 0. The molecule has 8 heavy (non-hydrogen) atoms. The maximum atomic E-state index is 8.42. The van der Waals surface area contributed by atoms with Crippen LogP contribution in [0.4, 0.5) is 0 Å². The molecule has 0 fully saturated rings. The molecule has 0 spiro atoms. The summed E-state index contributed by atoms with van der Waals surface area (Å²) in [6.45, 7) is 0. The summed E-state index contributed by atoms with van der Waals surface area (Å²) in [5.41, 5.74) is 0. The number of rotatable bonds is 0. The molecule has 0 aliphatic heterocycles. The van der Waals surface area contributed by atoms with Gasteiger partial charge in [-0.25, -0.2) is 0 Å². The van der Waals surface area contributed by atoms with Gasteiger partial charge in [0.1, 0.15) is 0 Å². The first kappa shape index (κ1) is 29.3. The normalized spacial score (nSPS) is 3.38. The smallest absolute Gasteiger partial charge is 0.907 e. The molecule has 0 radical (unpaired) electrons. The molecule has 32 valence electrons. The van der Waals surface area contributed by atoms with Crippen molar-refractivity contribution in [1.29, 1.82) is 0 Å². The van der Waals surface area contributed by atoms with Crippen molar-refractivity contribution >= 4 is 7.32 Å². The largest absolute Gasteiger partial charge is 1.00 e. The molecule has 0 aliphatic carbocycles. The molecule has 0 unspecified atom stereocenters. The molecule has 3 N–H and O–H groups in total. The average molecular weight is 193 g/mol. The third kappa shape index (κ3) is 44.9. The monoisotopic (exact) mass is 193 g/mol. The summed E-state index contributed by atoms with van der Waals surface area (Å²) in [6, 6.07) is 0. The first-order chi connectivity index (χ1) is 1.73. The molecular formula is H3BK3NO3. The van der Waals surface area contributed by atoms with Crippen LogP contribution in [0.25, 0.3) is 0 Å². The fourth-order valence-electron chi connectivity index (χ4n) is 0. The van der Waals surface area contributed by atoms with Gasteiger partial charge in [-0.05, 0) is 0 Å². The first-order valence-corrected chi connectivity index (χ1v) is 0.707. The van der Waals surface area contributed by atoms with Gasteiger partial charge in [-0.3, -0.25) is 7.32 Å². The average Bonchev–Trinajstić information content (AvgIpc) is 0.811. The van der Waals surface area contributed by atoms with E-state index in [1.54, 1.807) is 0 Å². The zero-order valence-corrected chi connectivity index (χ0v) is 14.9. The zero-order valence-electron chi connectivity index (χ0n) is 5.51. The zero-order chi connectivity index (χ0) is 3.58. The maximum Gasteiger partial charge on any atom is 1.00 e. The van der Waals surface area contributed by atoms with E-state index in [1.165, 1.54) is 0 Å². The molecule has 0 aromatic carbocycles. The summed E-state index contributed by atoms with van der Waals surface area (Å²) < 4.78 is 0. The Morgan fingerprint density at radius 2 is 0.750 bits per heavy atom. The van der Waals surface area contributed by atoms with E-state index in [0.29, 0.717) is 0 Å². The number of hydrogen-bond donors (Lipinski definition) is 1. The van der Waals surface area contributed by atoms with Gasteiger partial charge in [0, 0.05) is 0 Å². The second-order valence-electron chi connectivity index (χ2n) is 0.289. The molecule has 0 aromatic heterocycles. The van der Waals surface area contributed by atoms with Gasteiger partial charge in [-0.2, -0.15) is 0 Å². The molecule has 0 aliphatic rings. The van der Waals surface area contributed by atoms with Crippen molar-refractivity contribution < 1.29 is 169 Å². The Kier molecular flexibility index (Phi) is 82.8.